The maximum Gasteiger partial charge on any atom is 0.332 e. The molecule has 7 heteroatoms. The third-order valence-corrected chi connectivity index (χ3v) is 1.40. The highest BCUT2D eigenvalue weighted by atomic mass is 17.2. The van der Waals surface area contributed by atoms with Crippen LogP contribution in [0.1, 0.15) is 40.0 Å². The molecule has 0 rings (SSSR count). The lowest BCUT2D eigenvalue weighted by atomic mass is 10.5. The quantitative estimate of drug-likeness (QED) is 0.630. The standard InChI is InChI=1S/C9H15NO6/c1-4-7(11)14-10(15-8(12)5-2)16-9(13)6-3/h4-6H2,1-3H3. The number of carbonyl (C=O) groups excluding carboxylic acids is 3. The van der Waals surface area contributed by atoms with Crippen LogP contribution in [-0.4, -0.2) is 23.3 Å². The molecule has 0 bridgehead atoms. The zero-order chi connectivity index (χ0) is 12.6. The SMILES string of the molecule is CCC(=O)ON(OC(=O)CC)OC(=O)CC. The molecule has 16 heavy (non-hydrogen) atoms. The van der Waals surface area contributed by atoms with E-state index in [0.717, 1.165) is 0 Å². The predicted octanol–water partition coefficient (Wildman–Crippen LogP) is 0.893. The predicted molar refractivity (Wildman–Crippen MR) is 51.0 cm³/mol. The molecule has 0 aliphatic rings. The summed E-state index contributed by atoms with van der Waals surface area (Å²) >= 11 is 0. The van der Waals surface area contributed by atoms with Crippen LogP contribution in [-0.2, 0) is 28.9 Å². The van der Waals surface area contributed by atoms with Gasteiger partial charge < -0.3 is 14.5 Å². The van der Waals surface area contributed by atoms with E-state index in [1.807, 2.05) is 0 Å². The van der Waals surface area contributed by atoms with Crippen LogP contribution in [0.4, 0.5) is 0 Å². The molecule has 0 aromatic rings. The fourth-order valence-electron chi connectivity index (χ4n) is 0.499. The van der Waals surface area contributed by atoms with Crippen LogP contribution in [0, 0.1) is 0 Å². The lowest BCUT2D eigenvalue weighted by molar-refractivity contribution is -0.464. The van der Waals surface area contributed by atoms with Gasteiger partial charge in [-0.15, -0.1) is 0 Å². The summed E-state index contributed by atoms with van der Waals surface area (Å²) in [6, 6.07) is 0. The molecule has 0 aliphatic carbocycles. The Kier molecular flexibility index (Phi) is 6.86. The van der Waals surface area contributed by atoms with E-state index in [0.29, 0.717) is 0 Å². The summed E-state index contributed by atoms with van der Waals surface area (Å²) in [5.41, 5.74) is 0. The fraction of sp³-hybridized carbons (Fsp3) is 0.667. The minimum Gasteiger partial charge on any atom is -0.300 e. The van der Waals surface area contributed by atoms with Crippen molar-refractivity contribution in [1.82, 2.24) is 5.39 Å². The third-order valence-electron chi connectivity index (χ3n) is 1.40. The Labute approximate surface area is 93.1 Å². The molecule has 92 valence electrons. The molecule has 7 nitrogen and oxygen atoms in total. The first kappa shape index (κ1) is 14.4. The van der Waals surface area contributed by atoms with Crippen molar-refractivity contribution in [3.63, 3.8) is 0 Å². The Bertz CT molecular complexity index is 222. The smallest absolute Gasteiger partial charge is 0.300 e. The van der Waals surface area contributed by atoms with Crippen molar-refractivity contribution >= 4 is 17.9 Å². The summed E-state index contributed by atoms with van der Waals surface area (Å²) in [5, 5.41) is 0.142. The zero-order valence-corrected chi connectivity index (χ0v) is 9.52. The van der Waals surface area contributed by atoms with Gasteiger partial charge in [-0.05, 0) is 0 Å². The van der Waals surface area contributed by atoms with Gasteiger partial charge in [0.25, 0.3) is 0 Å². The first-order valence-electron chi connectivity index (χ1n) is 4.95. The summed E-state index contributed by atoms with van der Waals surface area (Å²) in [7, 11) is 0. The average molecular weight is 233 g/mol. The highest BCUT2D eigenvalue weighted by molar-refractivity contribution is 5.71. The minimum absolute atomic E-state index is 0.0594. The molecule has 0 aromatic heterocycles. The molecule has 0 saturated carbocycles. The second-order valence-corrected chi connectivity index (χ2v) is 2.67. The van der Waals surface area contributed by atoms with Gasteiger partial charge in [0.2, 0.25) is 5.39 Å². The van der Waals surface area contributed by atoms with Crippen LogP contribution < -0.4 is 0 Å². The molecule has 0 atom stereocenters. The lowest BCUT2D eigenvalue weighted by Gasteiger charge is -2.16. The van der Waals surface area contributed by atoms with Crippen molar-refractivity contribution in [2.24, 2.45) is 0 Å². The Hall–Kier alpha value is -1.63. The van der Waals surface area contributed by atoms with Gasteiger partial charge in [-0.1, -0.05) is 20.8 Å². The molecule has 0 saturated heterocycles. The van der Waals surface area contributed by atoms with Crippen molar-refractivity contribution in [2.45, 2.75) is 40.0 Å². The number of hydrogen-bond acceptors (Lipinski definition) is 7. The maximum atomic E-state index is 10.9. The first-order chi connectivity index (χ1) is 7.53. The summed E-state index contributed by atoms with van der Waals surface area (Å²) < 4.78 is 0. The number of hydrogen-bond donors (Lipinski definition) is 0. The Morgan fingerprint density at radius 3 is 1.19 bits per heavy atom. The van der Waals surface area contributed by atoms with Crippen LogP contribution in [0.15, 0.2) is 0 Å². The normalized spacial score (nSPS) is 9.75. The van der Waals surface area contributed by atoms with Gasteiger partial charge in [0, 0.05) is 19.3 Å². The van der Waals surface area contributed by atoms with Gasteiger partial charge in [-0.2, -0.15) is 0 Å². The molecule has 0 aliphatic heterocycles. The number of carbonyl (C=O) groups is 3. The van der Waals surface area contributed by atoms with E-state index in [4.69, 9.17) is 0 Å². The van der Waals surface area contributed by atoms with E-state index < -0.39 is 17.9 Å². The highest BCUT2D eigenvalue weighted by Gasteiger charge is 2.20. The van der Waals surface area contributed by atoms with Crippen LogP contribution in [0.25, 0.3) is 0 Å². The first-order valence-corrected chi connectivity index (χ1v) is 4.95. The van der Waals surface area contributed by atoms with E-state index >= 15 is 0 Å². The van der Waals surface area contributed by atoms with Crippen LogP contribution in [0.3, 0.4) is 0 Å². The summed E-state index contributed by atoms with van der Waals surface area (Å²) in [4.78, 5) is 46.1. The second kappa shape index (κ2) is 7.63. The van der Waals surface area contributed by atoms with E-state index in [-0.39, 0.29) is 24.7 Å². The average Bonchev–Trinajstić information content (AvgIpc) is 2.28. The number of nitrogens with zero attached hydrogens (tertiary/aromatic N) is 1. The molecule has 0 aromatic carbocycles. The fourth-order valence-corrected chi connectivity index (χ4v) is 0.499. The number of rotatable bonds is 6. The summed E-state index contributed by atoms with van der Waals surface area (Å²) in [6.07, 6.45) is 0.178. The van der Waals surface area contributed by atoms with Crippen molar-refractivity contribution in [2.75, 3.05) is 0 Å². The summed E-state index contributed by atoms with van der Waals surface area (Å²) in [6.45, 7) is 4.64. The second-order valence-electron chi connectivity index (χ2n) is 2.67. The maximum absolute atomic E-state index is 10.9. The Balaban J connectivity index is 4.31. The minimum atomic E-state index is -0.687. The molecule has 0 fully saturated rings. The van der Waals surface area contributed by atoms with E-state index in [2.05, 4.69) is 14.5 Å². The van der Waals surface area contributed by atoms with Gasteiger partial charge in [-0.25, -0.2) is 0 Å². The van der Waals surface area contributed by atoms with Crippen LogP contribution >= 0.6 is 0 Å². The third kappa shape index (κ3) is 5.97. The lowest BCUT2D eigenvalue weighted by Crippen LogP contribution is -2.32. The molecule has 0 amide bonds. The van der Waals surface area contributed by atoms with Gasteiger partial charge >= 0.3 is 17.9 Å². The monoisotopic (exact) mass is 233 g/mol. The van der Waals surface area contributed by atoms with Gasteiger partial charge in [0.1, 0.15) is 0 Å². The molecule has 0 radical (unpaired) electrons. The molecular formula is C9H15NO6. The highest BCUT2D eigenvalue weighted by Crippen LogP contribution is 2.01. The Morgan fingerprint density at radius 1 is 0.750 bits per heavy atom. The van der Waals surface area contributed by atoms with Crippen molar-refractivity contribution in [3.05, 3.63) is 0 Å². The van der Waals surface area contributed by atoms with Gasteiger partial charge in [0.15, 0.2) is 0 Å². The topological polar surface area (TPSA) is 82.1 Å². The van der Waals surface area contributed by atoms with Crippen molar-refractivity contribution in [1.29, 1.82) is 0 Å². The van der Waals surface area contributed by atoms with Crippen molar-refractivity contribution in [3.8, 4) is 0 Å². The van der Waals surface area contributed by atoms with E-state index in [9.17, 15) is 14.4 Å². The molecule has 0 heterocycles. The van der Waals surface area contributed by atoms with Gasteiger partial charge in [0.05, 0.1) is 0 Å². The van der Waals surface area contributed by atoms with E-state index in [1.54, 1.807) is 20.8 Å². The van der Waals surface area contributed by atoms with Crippen molar-refractivity contribution < 1.29 is 28.9 Å². The van der Waals surface area contributed by atoms with Crippen LogP contribution in [0.5, 0.6) is 0 Å². The largest absolute Gasteiger partial charge is 0.332 e. The molecule has 0 spiro atoms. The molecule has 0 N–H and O–H groups in total. The summed E-state index contributed by atoms with van der Waals surface area (Å²) in [5.74, 6) is -2.06. The zero-order valence-electron chi connectivity index (χ0n) is 9.52. The van der Waals surface area contributed by atoms with Crippen LogP contribution in [0.2, 0.25) is 0 Å². The van der Waals surface area contributed by atoms with E-state index in [1.165, 1.54) is 0 Å². The Morgan fingerprint density at radius 2 is 1.00 bits per heavy atom. The molecule has 0 unspecified atom stereocenters. The van der Waals surface area contributed by atoms with Gasteiger partial charge in [-0.3, -0.25) is 14.4 Å². The molecular weight excluding hydrogens is 218 g/mol.